The highest BCUT2D eigenvalue weighted by Gasteiger charge is 2.22. The molecule has 2 amide bonds. The van der Waals surface area contributed by atoms with E-state index in [1.165, 1.54) is 15.6 Å². The molecule has 3 aromatic heterocycles. The molecule has 0 saturated carbocycles. The zero-order chi connectivity index (χ0) is 20.4. The van der Waals surface area contributed by atoms with E-state index in [0.717, 1.165) is 5.56 Å². The van der Waals surface area contributed by atoms with Crippen LogP contribution >= 0.6 is 11.6 Å². The normalized spacial score (nSPS) is 12.0. The van der Waals surface area contributed by atoms with Gasteiger partial charge in [-0.25, -0.2) is 0 Å². The summed E-state index contributed by atoms with van der Waals surface area (Å²) < 4.78 is 4.54. The van der Waals surface area contributed by atoms with Gasteiger partial charge in [0, 0.05) is 38.6 Å². The van der Waals surface area contributed by atoms with Crippen LogP contribution in [0.15, 0.2) is 24.8 Å². The van der Waals surface area contributed by atoms with Crippen LogP contribution in [0.3, 0.4) is 0 Å². The molecule has 3 heterocycles. The largest absolute Gasteiger partial charge is 0.346 e. The van der Waals surface area contributed by atoms with Crippen LogP contribution in [0, 0.1) is 6.92 Å². The van der Waals surface area contributed by atoms with Crippen LogP contribution in [0.4, 0.5) is 5.69 Å². The highest BCUT2D eigenvalue weighted by Crippen LogP contribution is 2.19. The second-order valence-electron chi connectivity index (χ2n) is 6.44. The number of hydrogen-bond acceptors (Lipinski definition) is 5. The monoisotopic (exact) mass is 404 g/mol. The molecule has 0 aliphatic carbocycles. The van der Waals surface area contributed by atoms with Crippen LogP contribution in [-0.2, 0) is 25.4 Å². The van der Waals surface area contributed by atoms with E-state index in [4.69, 9.17) is 11.6 Å². The summed E-state index contributed by atoms with van der Waals surface area (Å²) in [5.41, 5.74) is 2.07. The van der Waals surface area contributed by atoms with Crippen molar-refractivity contribution in [3.05, 3.63) is 46.8 Å². The Kier molecular flexibility index (Phi) is 5.50. The number of anilines is 1. The predicted octanol–water partition coefficient (Wildman–Crippen LogP) is 1.44. The van der Waals surface area contributed by atoms with Crippen molar-refractivity contribution in [3.63, 3.8) is 0 Å². The van der Waals surface area contributed by atoms with E-state index in [2.05, 4.69) is 25.9 Å². The Bertz CT molecular complexity index is 999. The van der Waals surface area contributed by atoms with Crippen molar-refractivity contribution >= 4 is 29.1 Å². The summed E-state index contributed by atoms with van der Waals surface area (Å²) in [6, 6.07) is -0.613. The fraction of sp³-hybridized carbons (Fsp3) is 0.353. The Morgan fingerprint density at radius 2 is 1.96 bits per heavy atom. The molecule has 0 aliphatic rings. The van der Waals surface area contributed by atoms with E-state index in [1.807, 2.05) is 6.20 Å². The second-order valence-corrected chi connectivity index (χ2v) is 6.85. The minimum atomic E-state index is -0.613. The number of nitrogens with zero attached hydrogens (tertiary/aromatic N) is 6. The molecule has 148 valence electrons. The summed E-state index contributed by atoms with van der Waals surface area (Å²) in [6.07, 6.45) is 6.51. The van der Waals surface area contributed by atoms with Crippen LogP contribution in [-0.4, -0.2) is 41.2 Å². The summed E-state index contributed by atoms with van der Waals surface area (Å²) in [6.45, 7) is 3.76. The Balaban J connectivity index is 1.71. The molecule has 0 fully saturated rings. The quantitative estimate of drug-likeness (QED) is 0.645. The number of aromatic nitrogens is 6. The number of rotatable bonds is 6. The predicted molar refractivity (Wildman–Crippen MR) is 103 cm³/mol. The smallest absolute Gasteiger partial charge is 0.271 e. The highest BCUT2D eigenvalue weighted by atomic mass is 35.5. The third kappa shape index (κ3) is 4.06. The summed E-state index contributed by atoms with van der Waals surface area (Å²) in [5.74, 6) is -0.696. The van der Waals surface area contributed by atoms with Gasteiger partial charge in [-0.05, 0) is 13.8 Å². The Morgan fingerprint density at radius 1 is 1.21 bits per heavy atom. The molecule has 10 nitrogen and oxygen atoms in total. The average Bonchev–Trinajstić information content (AvgIpc) is 3.32. The fourth-order valence-corrected chi connectivity index (χ4v) is 2.78. The third-order valence-corrected chi connectivity index (χ3v) is 4.63. The Morgan fingerprint density at radius 3 is 2.57 bits per heavy atom. The molecule has 0 aliphatic heterocycles. The second kappa shape index (κ2) is 7.85. The Hall–Kier alpha value is -3.14. The Labute approximate surface area is 166 Å². The maximum Gasteiger partial charge on any atom is 0.271 e. The first-order valence-corrected chi connectivity index (χ1v) is 8.94. The van der Waals surface area contributed by atoms with Gasteiger partial charge in [-0.1, -0.05) is 11.6 Å². The number of halogens is 1. The minimum Gasteiger partial charge on any atom is -0.346 e. The van der Waals surface area contributed by atoms with Crippen LogP contribution in [0.25, 0.3) is 0 Å². The summed E-state index contributed by atoms with van der Waals surface area (Å²) in [7, 11) is 3.43. The first kappa shape index (κ1) is 19.6. The van der Waals surface area contributed by atoms with E-state index in [-0.39, 0.29) is 17.5 Å². The van der Waals surface area contributed by atoms with Crippen LogP contribution in [0.1, 0.15) is 34.7 Å². The molecule has 0 spiro atoms. The minimum absolute atomic E-state index is 0.249. The summed E-state index contributed by atoms with van der Waals surface area (Å²) in [4.78, 5) is 25.2. The zero-order valence-electron chi connectivity index (χ0n) is 16.0. The van der Waals surface area contributed by atoms with Gasteiger partial charge >= 0.3 is 0 Å². The molecular weight excluding hydrogens is 384 g/mol. The topological polar surface area (TPSA) is 112 Å². The SMILES string of the molecule is Cc1nn(C(C)C(=O)Nc2cnn(C)c2C(=O)NCc2cnn(C)c2)cc1Cl. The van der Waals surface area contributed by atoms with E-state index in [9.17, 15) is 9.59 Å². The maximum absolute atomic E-state index is 12.6. The van der Waals surface area contributed by atoms with Crippen molar-refractivity contribution in [2.75, 3.05) is 5.32 Å². The first-order chi connectivity index (χ1) is 13.3. The van der Waals surface area contributed by atoms with Crippen molar-refractivity contribution in [2.24, 2.45) is 14.1 Å². The lowest BCUT2D eigenvalue weighted by Crippen LogP contribution is -2.28. The molecule has 1 atom stereocenters. The molecule has 11 heteroatoms. The van der Waals surface area contributed by atoms with Gasteiger partial charge in [0.1, 0.15) is 11.7 Å². The number of carbonyl (C=O) groups is 2. The lowest BCUT2D eigenvalue weighted by molar-refractivity contribution is -0.119. The molecule has 1 unspecified atom stereocenters. The van der Waals surface area contributed by atoms with Gasteiger partial charge in [0.15, 0.2) is 0 Å². The number of carbonyl (C=O) groups excluding carboxylic acids is 2. The van der Waals surface area contributed by atoms with Gasteiger partial charge in [0.25, 0.3) is 5.91 Å². The van der Waals surface area contributed by atoms with Crippen LogP contribution < -0.4 is 10.6 Å². The van der Waals surface area contributed by atoms with Gasteiger partial charge in [-0.3, -0.25) is 23.6 Å². The zero-order valence-corrected chi connectivity index (χ0v) is 16.7. The molecule has 3 rings (SSSR count). The first-order valence-electron chi connectivity index (χ1n) is 8.56. The number of nitrogens with one attached hydrogen (secondary N) is 2. The van der Waals surface area contributed by atoms with E-state index >= 15 is 0 Å². The summed E-state index contributed by atoms with van der Waals surface area (Å²) >= 11 is 6.01. The fourth-order valence-electron chi connectivity index (χ4n) is 2.64. The molecular formula is C17H21ClN8O2. The lowest BCUT2D eigenvalue weighted by Gasteiger charge is -2.13. The average molecular weight is 405 g/mol. The molecule has 0 saturated heterocycles. The van der Waals surface area contributed by atoms with E-state index < -0.39 is 6.04 Å². The van der Waals surface area contributed by atoms with Crippen LogP contribution in [0.5, 0.6) is 0 Å². The van der Waals surface area contributed by atoms with E-state index in [0.29, 0.717) is 22.9 Å². The van der Waals surface area contributed by atoms with Crippen molar-refractivity contribution in [1.29, 1.82) is 0 Å². The van der Waals surface area contributed by atoms with Crippen molar-refractivity contribution in [3.8, 4) is 0 Å². The molecule has 28 heavy (non-hydrogen) atoms. The number of aryl methyl sites for hydroxylation is 3. The molecule has 0 radical (unpaired) electrons. The molecule has 3 aromatic rings. The third-order valence-electron chi connectivity index (χ3n) is 4.26. The van der Waals surface area contributed by atoms with Gasteiger partial charge in [-0.2, -0.15) is 15.3 Å². The van der Waals surface area contributed by atoms with Crippen molar-refractivity contribution < 1.29 is 9.59 Å². The van der Waals surface area contributed by atoms with Gasteiger partial charge < -0.3 is 10.6 Å². The van der Waals surface area contributed by atoms with Gasteiger partial charge in [0.2, 0.25) is 5.91 Å². The maximum atomic E-state index is 12.6. The standard InChI is InChI=1S/C17H21ClN8O2/c1-10-13(18)9-26(23-10)11(2)16(27)22-14-7-21-25(4)15(14)17(28)19-5-12-6-20-24(3)8-12/h6-9,11H,5H2,1-4H3,(H,19,28)(H,22,27). The van der Waals surface area contributed by atoms with E-state index in [1.54, 1.807) is 45.0 Å². The number of amides is 2. The molecule has 2 N–H and O–H groups in total. The summed E-state index contributed by atoms with van der Waals surface area (Å²) in [5, 5.41) is 18.4. The molecule has 0 aromatic carbocycles. The van der Waals surface area contributed by atoms with Gasteiger partial charge in [-0.15, -0.1) is 0 Å². The number of hydrogen-bond donors (Lipinski definition) is 2. The lowest BCUT2D eigenvalue weighted by atomic mass is 10.2. The van der Waals surface area contributed by atoms with Gasteiger partial charge in [0.05, 0.1) is 28.8 Å². The highest BCUT2D eigenvalue weighted by molar-refractivity contribution is 6.31. The van der Waals surface area contributed by atoms with Crippen molar-refractivity contribution in [1.82, 2.24) is 34.7 Å². The molecule has 0 bridgehead atoms. The van der Waals surface area contributed by atoms with Crippen LogP contribution in [0.2, 0.25) is 5.02 Å². The van der Waals surface area contributed by atoms with Crippen molar-refractivity contribution in [2.45, 2.75) is 26.4 Å².